The van der Waals surface area contributed by atoms with Crippen LogP contribution in [-0.4, -0.2) is 6.18 Å². The lowest BCUT2D eigenvalue weighted by Gasteiger charge is -2.20. The topological polar surface area (TPSA) is 0 Å². The second-order valence-electron chi connectivity index (χ2n) is 2.70. The molecule has 0 radical (unpaired) electrons. The van der Waals surface area contributed by atoms with Gasteiger partial charge in [0.05, 0.1) is 5.56 Å². The summed E-state index contributed by atoms with van der Waals surface area (Å²) in [5, 5.41) is 0. The smallest absolute Gasteiger partial charge is 0.206 e. The molecule has 0 atom stereocenters. The average molecular weight is 293 g/mol. The van der Waals surface area contributed by atoms with Gasteiger partial charge in [-0.3, -0.25) is 0 Å². The Hall–Kier alpha value is -0.720. The number of hydrogen-bond acceptors (Lipinski definition) is 0. The van der Waals surface area contributed by atoms with Gasteiger partial charge in [-0.25, -0.2) is 4.39 Å². The molecule has 15 heavy (non-hydrogen) atoms. The number of halogens is 7. The van der Waals surface area contributed by atoms with Crippen LogP contribution in [0.15, 0.2) is 22.7 Å². The molecule has 1 aromatic rings. The van der Waals surface area contributed by atoms with Crippen LogP contribution < -0.4 is 0 Å². The molecule has 0 unspecified atom stereocenters. The summed E-state index contributed by atoms with van der Waals surface area (Å²) in [4.78, 5) is 0. The maximum absolute atomic E-state index is 12.8. The van der Waals surface area contributed by atoms with E-state index in [0.29, 0.717) is 12.1 Å². The van der Waals surface area contributed by atoms with E-state index in [2.05, 4.69) is 15.9 Å². The Morgan fingerprint density at radius 2 is 1.53 bits per heavy atom. The molecule has 0 aliphatic rings. The van der Waals surface area contributed by atoms with Gasteiger partial charge in [-0.05, 0) is 18.2 Å². The fourth-order valence-electron chi connectivity index (χ4n) is 0.891. The van der Waals surface area contributed by atoms with Crippen molar-refractivity contribution in [2.45, 2.75) is 12.1 Å². The van der Waals surface area contributed by atoms with Gasteiger partial charge in [-0.15, -0.1) is 0 Å². The second-order valence-corrected chi connectivity index (χ2v) is 3.61. The van der Waals surface area contributed by atoms with E-state index in [1.165, 1.54) is 0 Å². The molecule has 0 fully saturated rings. The van der Waals surface area contributed by atoms with E-state index in [-0.39, 0.29) is 4.47 Å². The first-order valence-electron chi connectivity index (χ1n) is 3.56. The monoisotopic (exact) mass is 292 g/mol. The van der Waals surface area contributed by atoms with Gasteiger partial charge < -0.3 is 0 Å². The van der Waals surface area contributed by atoms with Gasteiger partial charge in [0, 0.05) is 4.47 Å². The Kier molecular flexibility index (Phi) is 3.04. The molecule has 0 bridgehead atoms. The maximum Gasteiger partial charge on any atom is 0.458 e. The van der Waals surface area contributed by atoms with Crippen molar-refractivity contribution in [3.05, 3.63) is 34.1 Å². The molecule has 7 heteroatoms. The summed E-state index contributed by atoms with van der Waals surface area (Å²) >= 11 is 2.69. The molecule has 1 aromatic carbocycles. The van der Waals surface area contributed by atoms with Crippen molar-refractivity contribution in [1.82, 2.24) is 0 Å². The van der Waals surface area contributed by atoms with Crippen molar-refractivity contribution in [2.75, 3.05) is 0 Å². The minimum Gasteiger partial charge on any atom is -0.206 e. The highest BCUT2D eigenvalue weighted by Crippen LogP contribution is 2.45. The molecule has 0 heterocycles. The molecule has 0 amide bonds. The number of rotatable bonds is 1. The van der Waals surface area contributed by atoms with Gasteiger partial charge in [0.25, 0.3) is 0 Å². The van der Waals surface area contributed by atoms with Gasteiger partial charge in [-0.2, -0.15) is 22.0 Å². The van der Waals surface area contributed by atoms with Crippen LogP contribution >= 0.6 is 15.9 Å². The average Bonchev–Trinajstić information content (AvgIpc) is 2.07. The van der Waals surface area contributed by atoms with Crippen molar-refractivity contribution in [3.8, 4) is 0 Å². The van der Waals surface area contributed by atoms with Crippen LogP contribution in [0.3, 0.4) is 0 Å². The zero-order valence-electron chi connectivity index (χ0n) is 6.88. The quantitative estimate of drug-likeness (QED) is 0.679. The lowest BCUT2D eigenvalue weighted by Crippen LogP contribution is -2.34. The molecular weight excluding hydrogens is 290 g/mol. The molecule has 0 spiro atoms. The first kappa shape index (κ1) is 12.4. The van der Waals surface area contributed by atoms with Gasteiger partial charge in [0.2, 0.25) is 0 Å². The van der Waals surface area contributed by atoms with Crippen molar-refractivity contribution < 1.29 is 26.3 Å². The van der Waals surface area contributed by atoms with Crippen LogP contribution in [0.25, 0.3) is 0 Å². The largest absolute Gasteiger partial charge is 0.458 e. The molecular formula is C8H3BrF6. The van der Waals surface area contributed by atoms with Crippen LogP contribution in [0, 0.1) is 5.82 Å². The van der Waals surface area contributed by atoms with E-state index in [0.717, 1.165) is 6.07 Å². The Labute approximate surface area is 89.0 Å². The van der Waals surface area contributed by atoms with Crippen molar-refractivity contribution in [2.24, 2.45) is 0 Å². The van der Waals surface area contributed by atoms with E-state index < -0.39 is 23.5 Å². The van der Waals surface area contributed by atoms with Crippen LogP contribution in [0.5, 0.6) is 0 Å². The van der Waals surface area contributed by atoms with E-state index in [4.69, 9.17) is 0 Å². The molecule has 0 aromatic heterocycles. The summed E-state index contributed by atoms with van der Waals surface area (Å²) in [5.41, 5.74) is -1.69. The molecule has 84 valence electrons. The minimum absolute atomic E-state index is 0.0529. The fraction of sp³-hybridized carbons (Fsp3) is 0.250. The Balaban J connectivity index is 3.32. The minimum atomic E-state index is -5.81. The van der Waals surface area contributed by atoms with Gasteiger partial charge in [-0.1, -0.05) is 15.9 Å². The van der Waals surface area contributed by atoms with Gasteiger partial charge >= 0.3 is 12.1 Å². The molecule has 0 nitrogen and oxygen atoms in total. The number of alkyl halides is 5. The molecule has 0 saturated carbocycles. The Morgan fingerprint density at radius 1 is 1.00 bits per heavy atom. The molecule has 0 aliphatic heterocycles. The molecule has 0 saturated heterocycles. The molecule has 1 rings (SSSR count). The molecule has 0 N–H and O–H groups in total. The summed E-state index contributed by atoms with van der Waals surface area (Å²) < 4.78 is 73.9. The van der Waals surface area contributed by atoms with Crippen LogP contribution in [0.2, 0.25) is 0 Å². The van der Waals surface area contributed by atoms with Crippen LogP contribution in [0.4, 0.5) is 26.3 Å². The lowest BCUT2D eigenvalue weighted by atomic mass is 10.1. The highest BCUT2D eigenvalue weighted by molar-refractivity contribution is 9.10. The zero-order chi connectivity index (χ0) is 11.9. The van der Waals surface area contributed by atoms with Crippen LogP contribution in [-0.2, 0) is 5.92 Å². The van der Waals surface area contributed by atoms with Gasteiger partial charge in [0.15, 0.2) is 0 Å². The third kappa shape index (κ3) is 2.27. The third-order valence-electron chi connectivity index (χ3n) is 1.62. The second kappa shape index (κ2) is 3.70. The van der Waals surface area contributed by atoms with E-state index >= 15 is 0 Å². The summed E-state index contributed by atoms with van der Waals surface area (Å²) in [5.74, 6) is -6.79. The van der Waals surface area contributed by atoms with Crippen molar-refractivity contribution in [1.29, 1.82) is 0 Å². The highest BCUT2D eigenvalue weighted by atomic mass is 79.9. The predicted molar refractivity (Wildman–Crippen MR) is 44.0 cm³/mol. The zero-order valence-corrected chi connectivity index (χ0v) is 8.46. The SMILES string of the molecule is Fc1ccc(Br)cc1C(F)(F)C(F)(F)F. The highest BCUT2D eigenvalue weighted by Gasteiger charge is 2.59. The standard InChI is InChI=1S/C8H3BrF6/c9-4-1-2-6(10)5(3-4)7(11,12)8(13,14)15/h1-3H. The number of hydrogen-bond donors (Lipinski definition) is 0. The summed E-state index contributed by atoms with van der Waals surface area (Å²) in [6.07, 6.45) is -5.81. The summed E-state index contributed by atoms with van der Waals surface area (Å²) in [6.45, 7) is 0. The lowest BCUT2D eigenvalue weighted by molar-refractivity contribution is -0.290. The normalized spacial score (nSPS) is 13.0. The first-order chi connectivity index (χ1) is 6.66. The summed E-state index contributed by atoms with van der Waals surface area (Å²) in [6, 6.07) is 1.98. The van der Waals surface area contributed by atoms with Crippen LogP contribution in [0.1, 0.15) is 5.56 Å². The summed E-state index contributed by atoms with van der Waals surface area (Å²) in [7, 11) is 0. The third-order valence-corrected chi connectivity index (χ3v) is 2.12. The molecule has 0 aliphatic carbocycles. The van der Waals surface area contributed by atoms with E-state index in [1.807, 2.05) is 0 Å². The van der Waals surface area contributed by atoms with Gasteiger partial charge in [0.1, 0.15) is 5.82 Å². The van der Waals surface area contributed by atoms with Crippen molar-refractivity contribution >= 4 is 15.9 Å². The van der Waals surface area contributed by atoms with E-state index in [1.54, 1.807) is 0 Å². The predicted octanol–water partition coefficient (Wildman–Crippen LogP) is 4.24. The van der Waals surface area contributed by atoms with Crippen molar-refractivity contribution in [3.63, 3.8) is 0 Å². The first-order valence-corrected chi connectivity index (χ1v) is 4.35. The number of benzene rings is 1. The fourth-order valence-corrected chi connectivity index (χ4v) is 1.25. The van der Waals surface area contributed by atoms with E-state index in [9.17, 15) is 26.3 Å². The Morgan fingerprint density at radius 3 is 2.00 bits per heavy atom. The Bertz CT molecular complexity index is 370. The maximum atomic E-state index is 12.8.